The van der Waals surface area contributed by atoms with E-state index < -0.39 is 5.97 Å². The number of rotatable bonds is 4. The fourth-order valence-corrected chi connectivity index (χ4v) is 2.09. The fraction of sp³-hybridized carbons (Fsp3) is 0.636. The van der Waals surface area contributed by atoms with Gasteiger partial charge in [-0.2, -0.15) is 5.10 Å². The predicted octanol–water partition coefficient (Wildman–Crippen LogP) is 2.76. The molecule has 0 aliphatic heterocycles. The van der Waals surface area contributed by atoms with Crippen LogP contribution >= 0.6 is 11.6 Å². The van der Waals surface area contributed by atoms with E-state index in [0.29, 0.717) is 10.8 Å². The normalized spacial score (nSPS) is 12.6. The van der Waals surface area contributed by atoms with Crippen LogP contribution < -0.4 is 0 Å². The summed E-state index contributed by atoms with van der Waals surface area (Å²) in [7, 11) is 3.07. The molecule has 1 rings (SSSR count). The third kappa shape index (κ3) is 2.38. The van der Waals surface area contributed by atoms with Gasteiger partial charge in [-0.3, -0.25) is 4.68 Å². The SMILES string of the molecule is CCCC(C)c1c(C(=O)OC)nn(C)c1Cl. The molecular formula is C11H17ClN2O2. The van der Waals surface area contributed by atoms with Crippen LogP contribution in [0, 0.1) is 0 Å². The third-order valence-electron chi connectivity index (χ3n) is 2.60. The number of hydrogen-bond acceptors (Lipinski definition) is 3. The molecule has 0 aromatic carbocycles. The van der Waals surface area contributed by atoms with Gasteiger partial charge in [0.15, 0.2) is 5.69 Å². The average Bonchev–Trinajstić information content (AvgIpc) is 2.55. The van der Waals surface area contributed by atoms with Crippen molar-refractivity contribution in [1.29, 1.82) is 0 Å². The molecule has 1 heterocycles. The lowest BCUT2D eigenvalue weighted by molar-refractivity contribution is 0.0591. The van der Waals surface area contributed by atoms with E-state index in [2.05, 4.69) is 12.0 Å². The van der Waals surface area contributed by atoms with Crippen molar-refractivity contribution in [2.45, 2.75) is 32.6 Å². The van der Waals surface area contributed by atoms with Crippen molar-refractivity contribution in [2.24, 2.45) is 7.05 Å². The molecule has 0 bridgehead atoms. The number of methoxy groups -OCH3 is 1. The van der Waals surface area contributed by atoms with E-state index in [1.54, 1.807) is 7.05 Å². The summed E-state index contributed by atoms with van der Waals surface area (Å²) in [5.74, 6) is -0.222. The third-order valence-corrected chi connectivity index (χ3v) is 3.05. The second kappa shape index (κ2) is 5.34. The second-order valence-electron chi connectivity index (χ2n) is 3.86. The lowest BCUT2D eigenvalue weighted by atomic mass is 9.97. The minimum Gasteiger partial charge on any atom is -0.464 e. The van der Waals surface area contributed by atoms with E-state index in [0.717, 1.165) is 18.4 Å². The topological polar surface area (TPSA) is 44.1 Å². The average molecular weight is 245 g/mol. The van der Waals surface area contributed by atoms with Gasteiger partial charge in [-0.25, -0.2) is 4.79 Å². The van der Waals surface area contributed by atoms with E-state index in [9.17, 15) is 4.79 Å². The van der Waals surface area contributed by atoms with Gasteiger partial charge < -0.3 is 4.74 Å². The zero-order chi connectivity index (χ0) is 12.3. The number of aryl methyl sites for hydroxylation is 1. The van der Waals surface area contributed by atoms with Crippen molar-refractivity contribution in [3.63, 3.8) is 0 Å². The van der Waals surface area contributed by atoms with Crippen molar-refractivity contribution < 1.29 is 9.53 Å². The largest absolute Gasteiger partial charge is 0.464 e. The fourth-order valence-electron chi connectivity index (χ4n) is 1.78. The van der Waals surface area contributed by atoms with Crippen molar-refractivity contribution in [3.05, 3.63) is 16.4 Å². The first-order chi connectivity index (χ1) is 7.52. The molecule has 0 N–H and O–H groups in total. The molecule has 0 spiro atoms. The summed E-state index contributed by atoms with van der Waals surface area (Å²) < 4.78 is 6.21. The van der Waals surface area contributed by atoms with E-state index in [1.807, 2.05) is 6.92 Å². The summed E-state index contributed by atoms with van der Waals surface area (Å²) in [4.78, 5) is 11.6. The molecule has 0 aliphatic carbocycles. The number of hydrogen-bond donors (Lipinski definition) is 0. The van der Waals surface area contributed by atoms with Crippen molar-refractivity contribution in [1.82, 2.24) is 9.78 Å². The Morgan fingerprint density at radius 2 is 2.25 bits per heavy atom. The van der Waals surface area contributed by atoms with Crippen LogP contribution in [0.3, 0.4) is 0 Å². The van der Waals surface area contributed by atoms with E-state index >= 15 is 0 Å². The van der Waals surface area contributed by atoms with Gasteiger partial charge in [0, 0.05) is 12.6 Å². The molecule has 1 atom stereocenters. The minimum absolute atomic E-state index is 0.209. The number of carbonyl (C=O) groups is 1. The van der Waals surface area contributed by atoms with Crippen LogP contribution in [0.25, 0.3) is 0 Å². The van der Waals surface area contributed by atoms with Crippen LogP contribution in [0.4, 0.5) is 0 Å². The van der Waals surface area contributed by atoms with Gasteiger partial charge in [0.1, 0.15) is 5.15 Å². The highest BCUT2D eigenvalue weighted by Gasteiger charge is 2.24. The molecule has 0 amide bonds. The maximum Gasteiger partial charge on any atom is 0.358 e. The number of carbonyl (C=O) groups excluding carboxylic acids is 1. The monoisotopic (exact) mass is 244 g/mol. The van der Waals surface area contributed by atoms with Crippen LogP contribution in [-0.4, -0.2) is 22.9 Å². The zero-order valence-corrected chi connectivity index (χ0v) is 10.8. The quantitative estimate of drug-likeness (QED) is 0.765. The molecular weight excluding hydrogens is 228 g/mol. The number of halogens is 1. The molecule has 0 saturated heterocycles. The lowest BCUT2D eigenvalue weighted by Crippen LogP contribution is -2.07. The molecule has 0 fully saturated rings. The first kappa shape index (κ1) is 13.0. The summed E-state index contributed by atoms with van der Waals surface area (Å²) >= 11 is 6.14. The van der Waals surface area contributed by atoms with Crippen molar-refractivity contribution >= 4 is 17.6 Å². The molecule has 0 saturated carbocycles. The number of esters is 1. The van der Waals surface area contributed by atoms with Gasteiger partial charge >= 0.3 is 5.97 Å². The molecule has 4 nitrogen and oxygen atoms in total. The van der Waals surface area contributed by atoms with Gasteiger partial charge in [0.25, 0.3) is 0 Å². The highest BCUT2D eigenvalue weighted by molar-refractivity contribution is 6.30. The minimum atomic E-state index is -0.430. The van der Waals surface area contributed by atoms with Gasteiger partial charge in [0.05, 0.1) is 7.11 Å². The Bertz CT molecular complexity index is 388. The zero-order valence-electron chi connectivity index (χ0n) is 10.1. The molecule has 1 aromatic rings. The number of aromatic nitrogens is 2. The Labute approximate surface area is 101 Å². The Kier molecular flexibility index (Phi) is 4.35. The summed E-state index contributed by atoms with van der Waals surface area (Å²) in [5.41, 5.74) is 1.12. The van der Waals surface area contributed by atoms with Crippen LogP contribution in [0.15, 0.2) is 0 Å². The smallest absolute Gasteiger partial charge is 0.358 e. The van der Waals surface area contributed by atoms with Crippen LogP contribution in [0.2, 0.25) is 5.15 Å². The van der Waals surface area contributed by atoms with Crippen LogP contribution in [-0.2, 0) is 11.8 Å². The van der Waals surface area contributed by atoms with Crippen LogP contribution in [0.5, 0.6) is 0 Å². The highest BCUT2D eigenvalue weighted by atomic mass is 35.5. The van der Waals surface area contributed by atoms with E-state index in [1.165, 1.54) is 11.8 Å². The van der Waals surface area contributed by atoms with Gasteiger partial charge in [-0.15, -0.1) is 0 Å². The highest BCUT2D eigenvalue weighted by Crippen LogP contribution is 2.30. The molecule has 0 radical (unpaired) electrons. The Morgan fingerprint density at radius 1 is 1.62 bits per heavy atom. The molecule has 5 heteroatoms. The Morgan fingerprint density at radius 3 is 2.75 bits per heavy atom. The van der Waals surface area contributed by atoms with Crippen molar-refractivity contribution in [3.8, 4) is 0 Å². The molecule has 1 aromatic heterocycles. The van der Waals surface area contributed by atoms with Gasteiger partial charge in [0.2, 0.25) is 0 Å². The van der Waals surface area contributed by atoms with E-state index in [-0.39, 0.29) is 5.92 Å². The Hall–Kier alpha value is -1.03. The summed E-state index contributed by atoms with van der Waals surface area (Å²) in [6.07, 6.45) is 2.00. The van der Waals surface area contributed by atoms with E-state index in [4.69, 9.17) is 16.3 Å². The second-order valence-corrected chi connectivity index (χ2v) is 4.22. The maximum atomic E-state index is 11.6. The van der Waals surface area contributed by atoms with Crippen LogP contribution in [0.1, 0.15) is 48.7 Å². The van der Waals surface area contributed by atoms with Crippen molar-refractivity contribution in [2.75, 3.05) is 7.11 Å². The van der Waals surface area contributed by atoms with Gasteiger partial charge in [-0.05, 0) is 12.3 Å². The molecule has 0 aliphatic rings. The molecule has 90 valence electrons. The maximum absolute atomic E-state index is 11.6. The van der Waals surface area contributed by atoms with Gasteiger partial charge in [-0.1, -0.05) is 31.9 Å². The predicted molar refractivity (Wildman–Crippen MR) is 62.9 cm³/mol. The lowest BCUT2D eigenvalue weighted by Gasteiger charge is -2.10. The molecule has 16 heavy (non-hydrogen) atoms. The standard InChI is InChI=1S/C11H17ClN2O2/c1-5-6-7(2)8-9(11(15)16-4)13-14(3)10(8)12/h7H,5-6H2,1-4H3. The Balaban J connectivity index is 3.18. The first-order valence-corrected chi connectivity index (χ1v) is 5.71. The summed E-state index contributed by atoms with van der Waals surface area (Å²) in [6, 6.07) is 0. The number of ether oxygens (including phenoxy) is 1. The number of nitrogens with zero attached hydrogens (tertiary/aromatic N) is 2. The summed E-state index contributed by atoms with van der Waals surface area (Å²) in [6.45, 7) is 4.14. The molecule has 1 unspecified atom stereocenters. The summed E-state index contributed by atoms with van der Waals surface area (Å²) in [5, 5.41) is 4.61. The first-order valence-electron chi connectivity index (χ1n) is 5.33.